The Kier molecular flexibility index (Phi) is 3.30. The van der Waals surface area contributed by atoms with Crippen molar-refractivity contribution in [3.63, 3.8) is 0 Å². The first-order valence-corrected chi connectivity index (χ1v) is 6.39. The molecule has 0 radical (unpaired) electrons. The average molecular weight is 269 g/mol. The third-order valence-corrected chi connectivity index (χ3v) is 3.04. The Bertz CT molecular complexity index is 660. The fourth-order valence-corrected chi connectivity index (χ4v) is 2.09. The maximum Gasteiger partial charge on any atom is 0.204 e. The van der Waals surface area contributed by atoms with Gasteiger partial charge in [0.15, 0.2) is 0 Å². The lowest BCUT2D eigenvalue weighted by Gasteiger charge is -2.16. The number of hydrogen-bond acceptors (Lipinski definition) is 5. The first-order valence-electron chi connectivity index (χ1n) is 6.39. The molecular formula is C14H15N5O. The van der Waals surface area contributed by atoms with Crippen molar-refractivity contribution in [1.29, 1.82) is 0 Å². The highest BCUT2D eigenvalue weighted by Gasteiger charge is 2.24. The molecule has 1 aromatic carbocycles. The van der Waals surface area contributed by atoms with Crippen molar-refractivity contribution in [2.24, 2.45) is 5.73 Å². The van der Waals surface area contributed by atoms with Crippen LogP contribution in [0.3, 0.4) is 0 Å². The van der Waals surface area contributed by atoms with Gasteiger partial charge < -0.3 is 10.2 Å². The van der Waals surface area contributed by atoms with Crippen molar-refractivity contribution < 1.29 is 4.42 Å². The summed E-state index contributed by atoms with van der Waals surface area (Å²) in [6.45, 7) is 1.89. The van der Waals surface area contributed by atoms with Crippen molar-refractivity contribution in [3.05, 3.63) is 54.5 Å². The monoisotopic (exact) mass is 269 g/mol. The lowest BCUT2D eigenvalue weighted by atomic mass is 10.1. The van der Waals surface area contributed by atoms with Gasteiger partial charge in [0.2, 0.25) is 5.82 Å². The minimum Gasteiger partial charge on any atom is -0.467 e. The standard InChI is InChI=1S/C14H15N5O/c1-10(15)13(12-8-5-9-20-12)19-17-14(16-18-19)11-6-3-2-4-7-11/h2-10,13H,15H2,1H3. The van der Waals surface area contributed by atoms with E-state index in [1.165, 1.54) is 4.80 Å². The zero-order chi connectivity index (χ0) is 13.9. The molecule has 6 nitrogen and oxygen atoms in total. The number of tetrazole rings is 1. The van der Waals surface area contributed by atoms with Crippen molar-refractivity contribution in [2.75, 3.05) is 0 Å². The Morgan fingerprint density at radius 2 is 1.95 bits per heavy atom. The normalized spacial score (nSPS) is 14.1. The summed E-state index contributed by atoms with van der Waals surface area (Å²) in [7, 11) is 0. The highest BCUT2D eigenvalue weighted by Crippen LogP contribution is 2.21. The Hall–Kier alpha value is -2.47. The molecule has 2 unspecified atom stereocenters. The first-order chi connectivity index (χ1) is 9.75. The highest BCUT2D eigenvalue weighted by molar-refractivity contribution is 5.53. The molecule has 2 atom stereocenters. The molecule has 6 heteroatoms. The van der Waals surface area contributed by atoms with E-state index in [4.69, 9.17) is 10.2 Å². The lowest BCUT2D eigenvalue weighted by Crippen LogP contribution is -2.31. The first kappa shape index (κ1) is 12.6. The van der Waals surface area contributed by atoms with Crippen LogP contribution < -0.4 is 5.73 Å². The second-order valence-corrected chi connectivity index (χ2v) is 4.62. The molecule has 2 N–H and O–H groups in total. The molecule has 20 heavy (non-hydrogen) atoms. The van der Waals surface area contributed by atoms with Crippen LogP contribution in [0.15, 0.2) is 53.1 Å². The molecule has 0 saturated heterocycles. The molecule has 0 aliphatic heterocycles. The molecule has 0 aliphatic rings. The van der Waals surface area contributed by atoms with Gasteiger partial charge in [-0.05, 0) is 24.3 Å². The van der Waals surface area contributed by atoms with Crippen molar-refractivity contribution in [1.82, 2.24) is 20.2 Å². The predicted octanol–water partition coefficient (Wildman–Crippen LogP) is 1.87. The van der Waals surface area contributed by atoms with E-state index in [2.05, 4.69) is 15.4 Å². The molecule has 0 aliphatic carbocycles. The molecule has 3 aromatic rings. The highest BCUT2D eigenvalue weighted by atomic mass is 16.3. The van der Waals surface area contributed by atoms with Gasteiger partial charge in [0, 0.05) is 11.6 Å². The molecule has 0 amide bonds. The second kappa shape index (κ2) is 5.26. The zero-order valence-corrected chi connectivity index (χ0v) is 11.0. The minimum atomic E-state index is -0.269. The number of hydrogen-bond donors (Lipinski definition) is 1. The van der Waals surface area contributed by atoms with Gasteiger partial charge in [-0.1, -0.05) is 30.3 Å². The van der Waals surface area contributed by atoms with Crippen molar-refractivity contribution >= 4 is 0 Å². The molecule has 102 valence electrons. The third-order valence-electron chi connectivity index (χ3n) is 3.04. The smallest absolute Gasteiger partial charge is 0.204 e. The predicted molar refractivity (Wildman–Crippen MR) is 73.7 cm³/mol. The average Bonchev–Trinajstić information content (AvgIpc) is 3.12. The molecule has 2 heterocycles. The topological polar surface area (TPSA) is 82.8 Å². The zero-order valence-electron chi connectivity index (χ0n) is 11.0. The summed E-state index contributed by atoms with van der Waals surface area (Å²) in [6, 6.07) is 12.9. The van der Waals surface area contributed by atoms with Gasteiger partial charge >= 0.3 is 0 Å². The van der Waals surface area contributed by atoms with E-state index in [0.29, 0.717) is 5.82 Å². The maximum atomic E-state index is 6.02. The number of nitrogens with two attached hydrogens (primary N) is 1. The van der Waals surface area contributed by atoms with Crippen LogP contribution in [0.1, 0.15) is 18.7 Å². The Balaban J connectivity index is 1.96. The van der Waals surface area contributed by atoms with E-state index in [-0.39, 0.29) is 12.1 Å². The van der Waals surface area contributed by atoms with E-state index >= 15 is 0 Å². The van der Waals surface area contributed by atoms with Gasteiger partial charge in [-0.25, -0.2) is 0 Å². The second-order valence-electron chi connectivity index (χ2n) is 4.62. The Morgan fingerprint density at radius 1 is 1.15 bits per heavy atom. The molecule has 0 bridgehead atoms. The summed E-state index contributed by atoms with van der Waals surface area (Å²) in [5, 5.41) is 12.6. The number of aromatic nitrogens is 4. The number of furan rings is 1. The van der Waals surface area contributed by atoms with Crippen LogP contribution in [0.25, 0.3) is 11.4 Å². The van der Waals surface area contributed by atoms with Crippen molar-refractivity contribution in [3.8, 4) is 11.4 Å². The van der Waals surface area contributed by atoms with Gasteiger partial charge in [0.05, 0.1) is 6.26 Å². The summed E-state index contributed by atoms with van der Waals surface area (Å²) in [5.41, 5.74) is 6.94. The van der Waals surface area contributed by atoms with Crippen LogP contribution in [0.5, 0.6) is 0 Å². The Morgan fingerprint density at radius 3 is 2.60 bits per heavy atom. The fourth-order valence-electron chi connectivity index (χ4n) is 2.09. The summed E-state index contributed by atoms with van der Waals surface area (Å²) < 4.78 is 5.42. The lowest BCUT2D eigenvalue weighted by molar-refractivity contribution is 0.336. The third kappa shape index (κ3) is 2.33. The van der Waals surface area contributed by atoms with Gasteiger partial charge in [-0.2, -0.15) is 4.80 Å². The van der Waals surface area contributed by atoms with Crippen molar-refractivity contribution in [2.45, 2.75) is 19.0 Å². The van der Waals surface area contributed by atoms with Crippen LogP contribution in [-0.4, -0.2) is 26.2 Å². The van der Waals surface area contributed by atoms with Gasteiger partial charge in [-0.15, -0.1) is 10.2 Å². The van der Waals surface area contributed by atoms with E-state index in [9.17, 15) is 0 Å². The van der Waals surface area contributed by atoms with E-state index in [0.717, 1.165) is 11.3 Å². The number of benzene rings is 1. The van der Waals surface area contributed by atoms with Gasteiger partial charge in [-0.3, -0.25) is 0 Å². The minimum absolute atomic E-state index is 0.195. The van der Waals surface area contributed by atoms with Crippen LogP contribution in [0.4, 0.5) is 0 Å². The quantitative estimate of drug-likeness (QED) is 0.781. The molecule has 0 saturated carbocycles. The SMILES string of the molecule is CC(N)C(c1ccco1)n1nnc(-c2ccccc2)n1. The Labute approximate surface area is 116 Å². The largest absolute Gasteiger partial charge is 0.467 e. The summed E-state index contributed by atoms with van der Waals surface area (Å²) in [5.74, 6) is 1.29. The van der Waals surface area contributed by atoms with Crippen LogP contribution in [0, 0.1) is 0 Å². The molecule has 0 spiro atoms. The van der Waals surface area contributed by atoms with E-state index in [1.807, 2.05) is 49.4 Å². The number of nitrogens with zero attached hydrogens (tertiary/aromatic N) is 4. The maximum absolute atomic E-state index is 6.02. The summed E-state index contributed by atoms with van der Waals surface area (Å²) in [4.78, 5) is 1.51. The molecule has 0 fully saturated rings. The summed E-state index contributed by atoms with van der Waals surface area (Å²) in [6.07, 6.45) is 1.61. The van der Waals surface area contributed by atoms with E-state index in [1.54, 1.807) is 6.26 Å². The molecule has 3 rings (SSSR count). The van der Waals surface area contributed by atoms with Gasteiger partial charge in [0.1, 0.15) is 11.8 Å². The fraction of sp³-hybridized carbons (Fsp3) is 0.214. The molecule has 2 aromatic heterocycles. The molecular weight excluding hydrogens is 254 g/mol. The number of rotatable bonds is 4. The summed E-state index contributed by atoms with van der Waals surface area (Å²) >= 11 is 0. The van der Waals surface area contributed by atoms with Crippen LogP contribution in [-0.2, 0) is 0 Å². The van der Waals surface area contributed by atoms with Gasteiger partial charge in [0.25, 0.3) is 0 Å². The van der Waals surface area contributed by atoms with E-state index < -0.39 is 0 Å². The van der Waals surface area contributed by atoms with Crippen LogP contribution >= 0.6 is 0 Å². The van der Waals surface area contributed by atoms with Crippen LogP contribution in [0.2, 0.25) is 0 Å².